The first kappa shape index (κ1) is 16.2. The van der Waals surface area contributed by atoms with Crippen LogP contribution in [-0.4, -0.2) is 26.1 Å². The maximum Gasteiger partial charge on any atom is 0.227 e. The van der Waals surface area contributed by atoms with Crippen molar-refractivity contribution in [2.24, 2.45) is 17.8 Å². The van der Waals surface area contributed by atoms with E-state index < -0.39 is 0 Å². The molecule has 1 aromatic carbocycles. The summed E-state index contributed by atoms with van der Waals surface area (Å²) < 4.78 is 1.62. The van der Waals surface area contributed by atoms with Gasteiger partial charge in [-0.25, -0.2) is 4.68 Å². The molecule has 2 aromatic rings. The summed E-state index contributed by atoms with van der Waals surface area (Å²) in [6.45, 7) is 1.99. The molecular weight excluding hydrogens is 314 g/mol. The van der Waals surface area contributed by atoms with E-state index in [1.54, 1.807) is 11.0 Å². The molecule has 2 aliphatic rings. The van der Waals surface area contributed by atoms with Gasteiger partial charge in [0.1, 0.15) is 6.33 Å². The summed E-state index contributed by atoms with van der Waals surface area (Å²) in [5.74, 6) is 2.11. The van der Waals surface area contributed by atoms with E-state index in [9.17, 15) is 4.79 Å². The van der Waals surface area contributed by atoms with E-state index in [4.69, 9.17) is 0 Å². The number of rotatable bonds is 4. The maximum atomic E-state index is 12.7. The molecule has 0 unspecified atom stereocenters. The van der Waals surface area contributed by atoms with Gasteiger partial charge in [-0.15, -0.1) is 5.10 Å². The number of carbonyl (C=O) groups is 1. The van der Waals surface area contributed by atoms with Crippen LogP contribution in [0.3, 0.4) is 0 Å². The van der Waals surface area contributed by atoms with Crippen molar-refractivity contribution in [3.05, 3.63) is 30.1 Å². The topological polar surface area (TPSA) is 72.7 Å². The Balaban J connectivity index is 1.40. The van der Waals surface area contributed by atoms with E-state index in [2.05, 4.69) is 20.8 Å². The second-order valence-electron chi connectivity index (χ2n) is 7.50. The first-order chi connectivity index (χ1) is 12.2. The Hall–Kier alpha value is -2.24. The molecule has 6 heteroatoms. The normalized spacial score (nSPS) is 23.9. The lowest BCUT2D eigenvalue weighted by atomic mass is 9.68. The minimum Gasteiger partial charge on any atom is -0.326 e. The molecule has 1 amide bonds. The number of hydrogen-bond acceptors (Lipinski definition) is 4. The number of hydrogen-bond donors (Lipinski definition) is 1. The third kappa shape index (κ3) is 3.30. The van der Waals surface area contributed by atoms with Gasteiger partial charge in [0.05, 0.1) is 5.69 Å². The molecule has 25 heavy (non-hydrogen) atoms. The van der Waals surface area contributed by atoms with E-state index in [0.29, 0.717) is 0 Å². The van der Waals surface area contributed by atoms with Gasteiger partial charge in [-0.2, -0.15) is 0 Å². The van der Waals surface area contributed by atoms with Crippen LogP contribution in [0, 0.1) is 24.7 Å². The fourth-order valence-electron chi connectivity index (χ4n) is 4.28. The minimum absolute atomic E-state index is 0.146. The molecule has 2 aliphatic carbocycles. The van der Waals surface area contributed by atoms with Crippen LogP contribution in [0.2, 0.25) is 0 Å². The van der Waals surface area contributed by atoms with Crippen molar-refractivity contribution >= 4 is 11.6 Å². The summed E-state index contributed by atoms with van der Waals surface area (Å²) in [7, 11) is 0. The number of nitrogens with zero attached hydrogens (tertiary/aromatic N) is 4. The predicted octanol–water partition coefficient (Wildman–Crippen LogP) is 3.52. The van der Waals surface area contributed by atoms with E-state index in [1.807, 2.05) is 25.1 Å². The number of tetrazole rings is 1. The summed E-state index contributed by atoms with van der Waals surface area (Å²) in [6.07, 6.45) is 10.3. The number of aromatic nitrogens is 4. The van der Waals surface area contributed by atoms with Crippen molar-refractivity contribution in [3.63, 3.8) is 0 Å². The lowest BCUT2D eigenvalue weighted by molar-refractivity contribution is -0.121. The molecule has 1 aromatic heterocycles. The Bertz CT molecular complexity index is 730. The summed E-state index contributed by atoms with van der Waals surface area (Å²) in [5, 5.41) is 14.4. The zero-order valence-electron chi connectivity index (χ0n) is 14.7. The van der Waals surface area contributed by atoms with E-state index in [0.717, 1.165) is 41.6 Å². The molecule has 0 radical (unpaired) electrons. The van der Waals surface area contributed by atoms with Crippen LogP contribution in [0.25, 0.3) is 5.69 Å². The highest BCUT2D eigenvalue weighted by atomic mass is 16.1. The third-order valence-electron chi connectivity index (χ3n) is 6.12. The molecular formula is C19H25N5O. The number of carbonyl (C=O) groups excluding carboxylic acids is 1. The van der Waals surface area contributed by atoms with Crippen molar-refractivity contribution in [2.45, 2.75) is 51.9 Å². The van der Waals surface area contributed by atoms with Crippen molar-refractivity contribution in [1.82, 2.24) is 20.2 Å². The lowest BCUT2D eigenvalue weighted by Crippen LogP contribution is -2.31. The number of nitrogens with one attached hydrogen (secondary N) is 1. The van der Waals surface area contributed by atoms with E-state index in [-0.39, 0.29) is 11.8 Å². The van der Waals surface area contributed by atoms with Crippen molar-refractivity contribution in [2.75, 3.05) is 5.32 Å². The first-order valence-corrected chi connectivity index (χ1v) is 9.36. The molecule has 4 rings (SSSR count). The number of amides is 1. The minimum atomic E-state index is 0.146. The Morgan fingerprint density at radius 1 is 1.12 bits per heavy atom. The highest BCUT2D eigenvalue weighted by molar-refractivity contribution is 5.93. The molecule has 2 saturated carbocycles. The largest absolute Gasteiger partial charge is 0.326 e. The number of anilines is 1. The Morgan fingerprint density at radius 3 is 2.52 bits per heavy atom. The average molecular weight is 339 g/mol. The summed E-state index contributed by atoms with van der Waals surface area (Å²) in [4.78, 5) is 12.7. The van der Waals surface area contributed by atoms with Crippen molar-refractivity contribution in [1.29, 1.82) is 0 Å². The van der Waals surface area contributed by atoms with Crippen molar-refractivity contribution in [3.8, 4) is 5.69 Å². The van der Waals surface area contributed by atoms with Gasteiger partial charge in [0.2, 0.25) is 5.91 Å². The molecule has 1 N–H and O–H groups in total. The standard InChI is InChI=1S/C19H25N5O/c1-13-17(6-3-7-18(13)24-12-20-22-23-24)21-19(25)16-10-8-15(9-11-16)14-4-2-5-14/h3,6-7,12,14-16H,2,4-5,8-11H2,1H3,(H,21,25). The predicted molar refractivity (Wildman–Crippen MR) is 95.3 cm³/mol. The second kappa shape index (κ2) is 6.94. The van der Waals surface area contributed by atoms with Gasteiger partial charge < -0.3 is 5.32 Å². The zero-order chi connectivity index (χ0) is 17.2. The zero-order valence-corrected chi connectivity index (χ0v) is 14.7. The third-order valence-corrected chi connectivity index (χ3v) is 6.12. The van der Waals surface area contributed by atoms with Gasteiger partial charge in [0.15, 0.2) is 0 Å². The first-order valence-electron chi connectivity index (χ1n) is 9.36. The molecule has 6 nitrogen and oxygen atoms in total. The van der Waals surface area contributed by atoms with Crippen molar-refractivity contribution < 1.29 is 4.79 Å². The number of benzene rings is 1. The van der Waals surface area contributed by atoms with Gasteiger partial charge in [0, 0.05) is 11.6 Å². The average Bonchev–Trinajstić information content (AvgIpc) is 3.10. The van der Waals surface area contributed by atoms with Gasteiger partial charge >= 0.3 is 0 Å². The van der Waals surface area contributed by atoms with E-state index >= 15 is 0 Å². The molecule has 0 spiro atoms. The fraction of sp³-hybridized carbons (Fsp3) is 0.579. The van der Waals surface area contributed by atoms with Crippen LogP contribution in [0.15, 0.2) is 24.5 Å². The summed E-state index contributed by atoms with van der Waals surface area (Å²) in [6, 6.07) is 5.82. The smallest absolute Gasteiger partial charge is 0.227 e. The highest BCUT2D eigenvalue weighted by Crippen LogP contribution is 2.42. The van der Waals surface area contributed by atoms with Gasteiger partial charge in [-0.3, -0.25) is 4.79 Å². The maximum absolute atomic E-state index is 12.7. The summed E-state index contributed by atoms with van der Waals surface area (Å²) >= 11 is 0. The van der Waals surface area contributed by atoms with Crippen LogP contribution >= 0.6 is 0 Å². The van der Waals surface area contributed by atoms with Gasteiger partial charge in [-0.1, -0.05) is 25.3 Å². The molecule has 1 heterocycles. The Labute approximate surface area is 148 Å². The van der Waals surface area contributed by atoms with Crippen LogP contribution in [-0.2, 0) is 4.79 Å². The highest BCUT2D eigenvalue weighted by Gasteiger charge is 2.33. The Morgan fingerprint density at radius 2 is 1.88 bits per heavy atom. The SMILES string of the molecule is Cc1c(NC(=O)C2CCC(C3CCC3)CC2)cccc1-n1cnnn1. The monoisotopic (exact) mass is 339 g/mol. The van der Waals surface area contributed by atoms with Crippen LogP contribution in [0.4, 0.5) is 5.69 Å². The van der Waals surface area contributed by atoms with Gasteiger partial charge in [-0.05, 0) is 72.6 Å². The molecule has 2 fully saturated rings. The fourth-order valence-corrected chi connectivity index (χ4v) is 4.28. The lowest BCUT2D eigenvalue weighted by Gasteiger charge is -2.38. The van der Waals surface area contributed by atoms with Crippen LogP contribution < -0.4 is 5.32 Å². The molecule has 132 valence electrons. The van der Waals surface area contributed by atoms with Crippen LogP contribution in [0.1, 0.15) is 50.5 Å². The quantitative estimate of drug-likeness (QED) is 0.925. The molecule has 0 atom stereocenters. The van der Waals surface area contributed by atoms with Crippen LogP contribution in [0.5, 0.6) is 0 Å². The second-order valence-corrected chi connectivity index (χ2v) is 7.50. The molecule has 0 aliphatic heterocycles. The molecule has 0 bridgehead atoms. The van der Waals surface area contributed by atoms with E-state index in [1.165, 1.54) is 32.1 Å². The summed E-state index contributed by atoms with van der Waals surface area (Å²) in [5.41, 5.74) is 2.71. The molecule has 0 saturated heterocycles. The Kier molecular flexibility index (Phi) is 4.51. The van der Waals surface area contributed by atoms with Gasteiger partial charge in [0.25, 0.3) is 0 Å².